The molecule has 2 N–H and O–H groups in total. The lowest BCUT2D eigenvalue weighted by atomic mass is 10.2. The fourth-order valence-electron chi connectivity index (χ4n) is 0.694. The van der Waals surface area contributed by atoms with Crippen molar-refractivity contribution in [3.63, 3.8) is 0 Å². The second kappa shape index (κ2) is 9.86. The number of benzene rings is 1. The van der Waals surface area contributed by atoms with Crippen molar-refractivity contribution in [2.45, 2.75) is 34.6 Å². The van der Waals surface area contributed by atoms with Crippen LogP contribution in [0.25, 0.3) is 0 Å². The van der Waals surface area contributed by atoms with Crippen LogP contribution in [0.1, 0.15) is 33.3 Å². The van der Waals surface area contributed by atoms with Gasteiger partial charge in [0.05, 0.1) is 0 Å². The van der Waals surface area contributed by atoms with Gasteiger partial charge in [0.1, 0.15) is 0 Å². The van der Waals surface area contributed by atoms with Gasteiger partial charge < -0.3 is 9.99 Å². The summed E-state index contributed by atoms with van der Waals surface area (Å²) in [6, 6.07) is 4.72. The summed E-state index contributed by atoms with van der Waals surface area (Å²) < 4.78 is 0. The smallest absolute Gasteiger partial charge is 0.206 e. The minimum Gasteiger partial charge on any atom is -0.504 e. The number of hydrogen-bond acceptors (Lipinski definition) is 3. The minimum atomic E-state index is -0.0619. The van der Waals surface area contributed by atoms with Crippen molar-refractivity contribution in [3.8, 4) is 11.5 Å². The molecule has 0 radical (unpaired) electrons. The lowest BCUT2D eigenvalue weighted by molar-refractivity contribution is -0.139. The standard InChI is InChI=1S/C7H8O3.2C2H6/c1-5-2-3-6(8)7(4-5)10-9;2*1-2/h2-4,8-9H,1H3;2*1-2H3. The van der Waals surface area contributed by atoms with Gasteiger partial charge in [0.25, 0.3) is 0 Å². The number of phenolic OH excluding ortho intramolecular Hbond substituents is 1. The SMILES string of the molecule is CC.CC.Cc1ccc(O)c(OO)c1. The highest BCUT2D eigenvalue weighted by molar-refractivity contribution is 5.40. The molecule has 1 rings (SSSR count). The van der Waals surface area contributed by atoms with Gasteiger partial charge >= 0.3 is 0 Å². The van der Waals surface area contributed by atoms with Crippen LogP contribution >= 0.6 is 0 Å². The van der Waals surface area contributed by atoms with Crippen LogP contribution < -0.4 is 4.89 Å². The number of hydrogen-bond donors (Lipinski definition) is 2. The molecule has 1 aromatic carbocycles. The predicted octanol–water partition coefficient (Wildman–Crippen LogP) is 3.60. The topological polar surface area (TPSA) is 49.7 Å². The van der Waals surface area contributed by atoms with Crippen LogP contribution in [0.2, 0.25) is 0 Å². The van der Waals surface area contributed by atoms with Gasteiger partial charge in [-0.05, 0) is 24.6 Å². The average molecular weight is 200 g/mol. The number of phenols is 1. The van der Waals surface area contributed by atoms with E-state index in [0.717, 1.165) is 5.56 Å². The third kappa shape index (κ3) is 5.43. The summed E-state index contributed by atoms with van der Waals surface area (Å²) in [5.74, 6) is 0.0214. The molecule has 3 heteroatoms. The molecule has 0 saturated carbocycles. The summed E-state index contributed by atoms with van der Waals surface area (Å²) >= 11 is 0. The highest BCUT2D eigenvalue weighted by Gasteiger charge is 1.99. The first-order valence-electron chi connectivity index (χ1n) is 4.85. The largest absolute Gasteiger partial charge is 0.504 e. The Labute approximate surface area is 85.9 Å². The Morgan fingerprint density at radius 2 is 1.57 bits per heavy atom. The van der Waals surface area contributed by atoms with Gasteiger partial charge in [-0.1, -0.05) is 33.8 Å². The number of rotatable bonds is 1. The normalized spacial score (nSPS) is 7.57. The molecule has 0 fully saturated rings. The van der Waals surface area contributed by atoms with Crippen molar-refractivity contribution in [1.29, 1.82) is 0 Å². The zero-order chi connectivity index (χ0) is 11.6. The van der Waals surface area contributed by atoms with E-state index in [1.807, 2.05) is 34.6 Å². The van der Waals surface area contributed by atoms with Gasteiger partial charge in [0, 0.05) is 0 Å². The highest BCUT2D eigenvalue weighted by Crippen LogP contribution is 2.25. The molecule has 0 saturated heterocycles. The Kier molecular flexibility index (Phi) is 10.8. The first-order chi connectivity index (χ1) is 6.74. The zero-order valence-corrected chi connectivity index (χ0v) is 9.53. The van der Waals surface area contributed by atoms with Gasteiger partial charge in [-0.15, -0.1) is 0 Å². The van der Waals surface area contributed by atoms with Crippen LogP contribution in [-0.2, 0) is 0 Å². The highest BCUT2D eigenvalue weighted by atomic mass is 17.1. The van der Waals surface area contributed by atoms with Gasteiger partial charge in [-0.3, -0.25) is 0 Å². The molecule has 3 nitrogen and oxygen atoms in total. The van der Waals surface area contributed by atoms with Crippen LogP contribution in [-0.4, -0.2) is 10.4 Å². The van der Waals surface area contributed by atoms with Crippen molar-refractivity contribution < 1.29 is 15.3 Å². The first kappa shape index (κ1) is 15.3. The summed E-state index contributed by atoms with van der Waals surface area (Å²) in [4.78, 5) is 3.88. The number of aromatic hydroxyl groups is 1. The molecular formula is C11H20O3. The molecule has 0 aliphatic rings. The first-order valence-corrected chi connectivity index (χ1v) is 4.85. The molecular weight excluding hydrogens is 180 g/mol. The average Bonchev–Trinajstić information content (AvgIpc) is 2.27. The summed E-state index contributed by atoms with van der Waals surface area (Å²) in [6.07, 6.45) is 0. The molecule has 0 amide bonds. The van der Waals surface area contributed by atoms with Crippen LogP contribution in [0.3, 0.4) is 0 Å². The van der Waals surface area contributed by atoms with E-state index < -0.39 is 0 Å². The Morgan fingerprint density at radius 1 is 1.07 bits per heavy atom. The minimum absolute atomic E-state index is 0.0619. The van der Waals surface area contributed by atoms with E-state index in [-0.39, 0.29) is 11.5 Å². The summed E-state index contributed by atoms with van der Waals surface area (Å²) in [5.41, 5.74) is 0.918. The quantitative estimate of drug-likeness (QED) is 0.538. The lowest BCUT2D eigenvalue weighted by Gasteiger charge is -1.99. The molecule has 0 spiro atoms. The van der Waals surface area contributed by atoms with E-state index in [9.17, 15) is 0 Å². The van der Waals surface area contributed by atoms with Gasteiger partial charge in [-0.25, -0.2) is 5.26 Å². The fourth-order valence-corrected chi connectivity index (χ4v) is 0.694. The predicted molar refractivity (Wildman–Crippen MR) is 58.8 cm³/mol. The summed E-state index contributed by atoms with van der Waals surface area (Å²) in [7, 11) is 0. The third-order valence-electron chi connectivity index (χ3n) is 1.21. The summed E-state index contributed by atoms with van der Waals surface area (Å²) in [6.45, 7) is 9.84. The molecule has 14 heavy (non-hydrogen) atoms. The monoisotopic (exact) mass is 200 g/mol. The second-order valence-corrected chi connectivity index (χ2v) is 2.06. The van der Waals surface area contributed by atoms with E-state index in [2.05, 4.69) is 4.89 Å². The Bertz CT molecular complexity index is 234. The van der Waals surface area contributed by atoms with E-state index in [4.69, 9.17) is 10.4 Å². The molecule has 0 heterocycles. The van der Waals surface area contributed by atoms with Crippen molar-refractivity contribution >= 4 is 0 Å². The van der Waals surface area contributed by atoms with Gasteiger partial charge in [0.2, 0.25) is 5.75 Å². The van der Waals surface area contributed by atoms with Crippen molar-refractivity contribution in [3.05, 3.63) is 23.8 Å². The zero-order valence-electron chi connectivity index (χ0n) is 9.53. The second-order valence-electron chi connectivity index (χ2n) is 2.06. The molecule has 0 aliphatic carbocycles. The maximum Gasteiger partial charge on any atom is 0.206 e. The molecule has 0 aliphatic heterocycles. The molecule has 0 atom stereocenters. The van der Waals surface area contributed by atoms with Crippen molar-refractivity contribution in [1.82, 2.24) is 0 Å². The Morgan fingerprint density at radius 3 is 1.93 bits per heavy atom. The Balaban J connectivity index is 0. The van der Waals surface area contributed by atoms with E-state index in [1.54, 1.807) is 6.07 Å². The van der Waals surface area contributed by atoms with Crippen molar-refractivity contribution in [2.24, 2.45) is 0 Å². The fraction of sp³-hybridized carbons (Fsp3) is 0.455. The molecule has 0 aromatic heterocycles. The molecule has 82 valence electrons. The summed E-state index contributed by atoms with van der Waals surface area (Å²) in [5, 5.41) is 17.1. The van der Waals surface area contributed by atoms with Crippen LogP contribution in [0, 0.1) is 6.92 Å². The maximum absolute atomic E-state index is 8.95. The maximum atomic E-state index is 8.95. The van der Waals surface area contributed by atoms with Crippen LogP contribution in [0.15, 0.2) is 18.2 Å². The van der Waals surface area contributed by atoms with Gasteiger partial charge in [0.15, 0.2) is 5.75 Å². The van der Waals surface area contributed by atoms with E-state index in [1.165, 1.54) is 12.1 Å². The number of aryl methyl sites for hydroxylation is 1. The van der Waals surface area contributed by atoms with Crippen LogP contribution in [0.4, 0.5) is 0 Å². The Hall–Kier alpha value is -1.22. The van der Waals surface area contributed by atoms with Gasteiger partial charge in [-0.2, -0.15) is 0 Å². The molecule has 1 aromatic rings. The van der Waals surface area contributed by atoms with E-state index in [0.29, 0.717) is 0 Å². The van der Waals surface area contributed by atoms with E-state index >= 15 is 0 Å². The molecule has 0 bridgehead atoms. The van der Waals surface area contributed by atoms with Crippen LogP contribution in [0.5, 0.6) is 11.5 Å². The third-order valence-corrected chi connectivity index (χ3v) is 1.21. The molecule has 0 unspecified atom stereocenters. The lowest BCUT2D eigenvalue weighted by Crippen LogP contribution is -1.84. The van der Waals surface area contributed by atoms with Crippen molar-refractivity contribution in [2.75, 3.05) is 0 Å².